The van der Waals surface area contributed by atoms with Gasteiger partial charge in [-0.15, -0.1) is 0 Å². The molecule has 4 nitrogen and oxygen atoms in total. The lowest BCUT2D eigenvalue weighted by Gasteiger charge is -2.11. The quantitative estimate of drug-likeness (QED) is 0.428. The summed E-state index contributed by atoms with van der Waals surface area (Å²) < 4.78 is 17.2. The van der Waals surface area contributed by atoms with Gasteiger partial charge in [0.2, 0.25) is 0 Å². The molecule has 2 aromatic rings. The van der Waals surface area contributed by atoms with E-state index in [4.69, 9.17) is 14.2 Å². The van der Waals surface area contributed by atoms with Crippen LogP contribution in [0.25, 0.3) is 0 Å². The smallest absolute Gasteiger partial charge is 0.338 e. The van der Waals surface area contributed by atoms with Crippen molar-refractivity contribution < 1.29 is 19.0 Å². The zero-order valence-corrected chi connectivity index (χ0v) is 16.1. The van der Waals surface area contributed by atoms with Crippen LogP contribution >= 0.6 is 15.9 Å². The van der Waals surface area contributed by atoms with Gasteiger partial charge in [-0.3, -0.25) is 0 Å². The molecule has 0 fully saturated rings. The van der Waals surface area contributed by atoms with Crippen LogP contribution in [0.2, 0.25) is 0 Å². The summed E-state index contributed by atoms with van der Waals surface area (Å²) in [6.45, 7) is 5.46. The molecule has 0 spiro atoms. The fraction of sp³-hybridized carbons (Fsp3) is 0.350. The van der Waals surface area contributed by atoms with E-state index in [2.05, 4.69) is 29.8 Å². The first-order valence-corrected chi connectivity index (χ1v) is 9.13. The highest BCUT2D eigenvalue weighted by Gasteiger charge is 2.11. The van der Waals surface area contributed by atoms with Gasteiger partial charge in [-0.05, 0) is 58.6 Å². The molecule has 25 heavy (non-hydrogen) atoms. The van der Waals surface area contributed by atoms with Gasteiger partial charge in [0.1, 0.15) is 24.7 Å². The highest BCUT2D eigenvalue weighted by molar-refractivity contribution is 9.10. The monoisotopic (exact) mass is 406 g/mol. The lowest BCUT2D eigenvalue weighted by molar-refractivity contribution is 0.0450. The summed E-state index contributed by atoms with van der Waals surface area (Å²) in [6, 6.07) is 14.6. The first-order chi connectivity index (χ1) is 12.1. The Hall–Kier alpha value is -2.01. The Bertz CT molecular complexity index is 671. The first kappa shape index (κ1) is 19.3. The van der Waals surface area contributed by atoms with E-state index in [1.807, 2.05) is 30.3 Å². The Morgan fingerprint density at radius 1 is 1.00 bits per heavy atom. The van der Waals surface area contributed by atoms with Gasteiger partial charge in [-0.1, -0.05) is 32.0 Å². The molecule has 0 unspecified atom stereocenters. The van der Waals surface area contributed by atoms with E-state index in [-0.39, 0.29) is 12.6 Å². The molecule has 5 heteroatoms. The third-order valence-corrected chi connectivity index (χ3v) is 4.07. The van der Waals surface area contributed by atoms with Crippen molar-refractivity contribution in [2.45, 2.75) is 20.3 Å². The van der Waals surface area contributed by atoms with E-state index in [9.17, 15) is 4.79 Å². The molecule has 2 aromatic carbocycles. The summed E-state index contributed by atoms with van der Waals surface area (Å²) in [5.41, 5.74) is 0.475. The maximum absolute atomic E-state index is 12.1. The molecule has 0 amide bonds. The minimum atomic E-state index is -0.383. The SMILES string of the molecule is CC(C)CCOc1ccc(C(=O)OCCOc2ccccc2)cc1Br. The molecule has 0 atom stereocenters. The second kappa shape index (κ2) is 10.1. The zero-order chi connectivity index (χ0) is 18.1. The molecule has 0 heterocycles. The van der Waals surface area contributed by atoms with E-state index in [1.54, 1.807) is 18.2 Å². The lowest BCUT2D eigenvalue weighted by Crippen LogP contribution is -2.12. The van der Waals surface area contributed by atoms with Gasteiger partial charge >= 0.3 is 5.97 Å². The molecule has 0 radical (unpaired) electrons. The fourth-order valence-electron chi connectivity index (χ4n) is 2.04. The lowest BCUT2D eigenvalue weighted by atomic mass is 10.1. The van der Waals surface area contributed by atoms with Crippen molar-refractivity contribution in [3.63, 3.8) is 0 Å². The molecule has 0 aliphatic carbocycles. The van der Waals surface area contributed by atoms with Crippen LogP contribution in [0.3, 0.4) is 0 Å². The van der Waals surface area contributed by atoms with Crippen molar-refractivity contribution in [2.75, 3.05) is 19.8 Å². The molecule has 134 valence electrons. The predicted octanol–water partition coefficient (Wildman–Crippen LogP) is 5.11. The number of halogens is 1. The largest absolute Gasteiger partial charge is 0.492 e. The molecule has 0 aliphatic rings. The summed E-state index contributed by atoms with van der Waals surface area (Å²) in [6.07, 6.45) is 0.984. The third kappa shape index (κ3) is 6.78. The minimum absolute atomic E-state index is 0.192. The molecule has 0 aliphatic heterocycles. The Morgan fingerprint density at radius 3 is 2.44 bits per heavy atom. The standard InChI is InChI=1S/C20H23BrO4/c1-15(2)10-11-24-19-9-8-16(14-18(19)21)20(22)25-13-12-23-17-6-4-3-5-7-17/h3-9,14-15H,10-13H2,1-2H3. The number of benzene rings is 2. The summed E-state index contributed by atoms with van der Waals surface area (Å²) in [5, 5.41) is 0. The summed E-state index contributed by atoms with van der Waals surface area (Å²) >= 11 is 3.44. The van der Waals surface area contributed by atoms with Gasteiger partial charge in [-0.25, -0.2) is 4.79 Å². The van der Waals surface area contributed by atoms with Gasteiger partial charge in [0.05, 0.1) is 16.6 Å². The number of carbonyl (C=O) groups excluding carboxylic acids is 1. The van der Waals surface area contributed by atoms with Gasteiger partial charge in [0.15, 0.2) is 0 Å². The van der Waals surface area contributed by atoms with Gasteiger partial charge in [-0.2, -0.15) is 0 Å². The molecule has 0 saturated heterocycles. The highest BCUT2D eigenvalue weighted by Crippen LogP contribution is 2.26. The van der Waals surface area contributed by atoms with Gasteiger partial charge in [0.25, 0.3) is 0 Å². The second-order valence-electron chi connectivity index (χ2n) is 5.97. The Balaban J connectivity index is 1.78. The van der Waals surface area contributed by atoms with Gasteiger partial charge < -0.3 is 14.2 Å². The van der Waals surface area contributed by atoms with Crippen LogP contribution in [-0.4, -0.2) is 25.8 Å². The van der Waals surface area contributed by atoms with Gasteiger partial charge in [0, 0.05) is 0 Å². The Kier molecular flexibility index (Phi) is 7.79. The summed E-state index contributed by atoms with van der Waals surface area (Å²) in [4.78, 5) is 12.1. The fourth-order valence-corrected chi connectivity index (χ4v) is 2.54. The van der Waals surface area contributed by atoms with Crippen molar-refractivity contribution in [1.82, 2.24) is 0 Å². The van der Waals surface area contributed by atoms with Crippen LogP contribution in [0, 0.1) is 5.92 Å². The molecule has 0 bridgehead atoms. The van der Waals surface area contributed by atoms with Crippen LogP contribution in [-0.2, 0) is 4.74 Å². The van der Waals surface area contributed by atoms with E-state index in [0.29, 0.717) is 24.7 Å². The molecule has 0 saturated carbocycles. The van der Waals surface area contributed by atoms with E-state index in [0.717, 1.165) is 22.4 Å². The number of para-hydroxylation sites is 1. The van der Waals surface area contributed by atoms with Crippen LogP contribution in [0.15, 0.2) is 53.0 Å². The number of carbonyl (C=O) groups is 1. The van der Waals surface area contributed by atoms with Crippen molar-refractivity contribution in [3.05, 3.63) is 58.6 Å². The minimum Gasteiger partial charge on any atom is -0.492 e. The van der Waals surface area contributed by atoms with Crippen molar-refractivity contribution in [3.8, 4) is 11.5 Å². The van der Waals surface area contributed by atoms with E-state index < -0.39 is 0 Å². The first-order valence-electron chi connectivity index (χ1n) is 8.33. The maximum Gasteiger partial charge on any atom is 0.338 e. The number of esters is 1. The van der Waals surface area contributed by atoms with Crippen LogP contribution in [0.1, 0.15) is 30.6 Å². The molecule has 2 rings (SSSR count). The van der Waals surface area contributed by atoms with Crippen LogP contribution in [0.5, 0.6) is 11.5 Å². The predicted molar refractivity (Wildman–Crippen MR) is 101 cm³/mol. The van der Waals surface area contributed by atoms with E-state index >= 15 is 0 Å². The van der Waals surface area contributed by atoms with Crippen LogP contribution < -0.4 is 9.47 Å². The van der Waals surface area contributed by atoms with E-state index in [1.165, 1.54) is 0 Å². The van der Waals surface area contributed by atoms with Crippen molar-refractivity contribution in [2.24, 2.45) is 5.92 Å². The Labute approximate surface area is 157 Å². The zero-order valence-electron chi connectivity index (χ0n) is 14.5. The molecular weight excluding hydrogens is 384 g/mol. The summed E-state index contributed by atoms with van der Waals surface area (Å²) in [5.74, 6) is 1.69. The molecular formula is C20H23BrO4. The normalized spacial score (nSPS) is 10.6. The average molecular weight is 407 g/mol. The summed E-state index contributed by atoms with van der Waals surface area (Å²) in [7, 11) is 0. The Morgan fingerprint density at radius 2 is 1.76 bits per heavy atom. The second-order valence-corrected chi connectivity index (χ2v) is 6.83. The number of rotatable bonds is 9. The average Bonchev–Trinajstić information content (AvgIpc) is 2.60. The third-order valence-electron chi connectivity index (χ3n) is 3.45. The van der Waals surface area contributed by atoms with Crippen molar-refractivity contribution >= 4 is 21.9 Å². The topological polar surface area (TPSA) is 44.8 Å². The maximum atomic E-state index is 12.1. The van der Waals surface area contributed by atoms with Crippen molar-refractivity contribution in [1.29, 1.82) is 0 Å². The number of hydrogen-bond donors (Lipinski definition) is 0. The molecule has 0 N–H and O–H groups in total. The number of hydrogen-bond acceptors (Lipinski definition) is 4. The highest BCUT2D eigenvalue weighted by atomic mass is 79.9. The van der Waals surface area contributed by atoms with Crippen LogP contribution in [0.4, 0.5) is 0 Å². The molecule has 0 aromatic heterocycles. The number of ether oxygens (including phenoxy) is 3.